The van der Waals surface area contributed by atoms with Crippen LogP contribution in [0.5, 0.6) is 0 Å². The van der Waals surface area contributed by atoms with E-state index in [0.29, 0.717) is 11.4 Å². The van der Waals surface area contributed by atoms with Crippen LogP contribution in [0.3, 0.4) is 0 Å². The number of nitrogens with zero attached hydrogens (tertiary/aromatic N) is 4. The van der Waals surface area contributed by atoms with Gasteiger partial charge in [0.1, 0.15) is 5.82 Å². The van der Waals surface area contributed by atoms with Gasteiger partial charge in [-0.3, -0.25) is 4.98 Å². The first-order chi connectivity index (χ1) is 9.22. The molecule has 0 aromatic carbocycles. The Morgan fingerprint density at radius 3 is 2.74 bits per heavy atom. The van der Waals surface area contributed by atoms with Crippen molar-refractivity contribution in [3.05, 3.63) is 42.0 Å². The van der Waals surface area contributed by atoms with E-state index in [9.17, 15) is 10.0 Å². The van der Waals surface area contributed by atoms with Crippen LogP contribution in [0, 0.1) is 5.21 Å². The molecule has 98 valence electrons. The summed E-state index contributed by atoms with van der Waals surface area (Å²) < 4.78 is 4.61. The third kappa shape index (κ3) is 3.02. The Hall–Kier alpha value is -2.54. The van der Waals surface area contributed by atoms with Crippen molar-refractivity contribution in [2.45, 2.75) is 6.92 Å². The molecule has 19 heavy (non-hydrogen) atoms. The Morgan fingerprint density at radius 1 is 1.32 bits per heavy atom. The van der Waals surface area contributed by atoms with Gasteiger partial charge in [-0.1, -0.05) is 0 Å². The molecule has 0 saturated heterocycles. The lowest BCUT2D eigenvalue weighted by atomic mass is 10.2. The fourth-order valence-electron chi connectivity index (χ4n) is 1.38. The topological polar surface area (TPSA) is 91.3 Å². The lowest BCUT2D eigenvalue weighted by Crippen LogP contribution is -2.26. The summed E-state index contributed by atoms with van der Waals surface area (Å²) in [6.45, 7) is 1.74. The predicted octanol–water partition coefficient (Wildman–Crippen LogP) is 2.00. The molecule has 0 N–H and O–H groups in total. The van der Waals surface area contributed by atoms with Crippen LogP contribution in [0.15, 0.2) is 36.8 Å². The normalized spacial score (nSPS) is 10.0. The van der Waals surface area contributed by atoms with Gasteiger partial charge < -0.3 is 15.0 Å². The number of hydroxylamine groups is 1. The van der Waals surface area contributed by atoms with Crippen molar-refractivity contribution in [1.29, 1.82) is 0 Å². The maximum Gasteiger partial charge on any atom is 0.404 e. The molecule has 0 unspecified atom stereocenters. The highest BCUT2D eigenvalue weighted by Gasteiger charge is 2.09. The maximum absolute atomic E-state index is 11.7. The molecule has 0 bridgehead atoms. The van der Waals surface area contributed by atoms with E-state index in [-0.39, 0.29) is 17.5 Å². The molecule has 2 rings (SSSR count). The van der Waals surface area contributed by atoms with Crippen LogP contribution in [-0.2, 0) is 4.74 Å². The molecule has 2 aromatic heterocycles. The summed E-state index contributed by atoms with van der Waals surface area (Å²) in [5, 5.41) is 11.8. The average molecular weight is 259 g/mol. The van der Waals surface area contributed by atoms with Crippen LogP contribution in [0.4, 0.5) is 10.6 Å². The van der Waals surface area contributed by atoms with Crippen LogP contribution >= 0.6 is 0 Å². The van der Waals surface area contributed by atoms with Gasteiger partial charge in [-0.2, -0.15) is 0 Å². The Kier molecular flexibility index (Phi) is 3.99. The lowest BCUT2D eigenvalue weighted by Gasteiger charge is -2.25. The second kappa shape index (κ2) is 5.87. The molecular weight excluding hydrogens is 248 g/mol. The predicted molar refractivity (Wildman–Crippen MR) is 68.1 cm³/mol. The van der Waals surface area contributed by atoms with Crippen LogP contribution < -0.4 is 5.06 Å². The van der Waals surface area contributed by atoms with Crippen LogP contribution in [0.2, 0.25) is 0 Å². The smallest absolute Gasteiger partial charge is 0.404 e. The van der Waals surface area contributed by atoms with E-state index >= 15 is 0 Å². The number of anilines is 1. The fourth-order valence-corrected chi connectivity index (χ4v) is 1.38. The average Bonchev–Trinajstić information content (AvgIpc) is 2.48. The van der Waals surface area contributed by atoms with Crippen molar-refractivity contribution in [2.24, 2.45) is 0 Å². The standard InChI is InChI=1S/C12H11N4O3/c1-2-19-12(17)16(18)10-5-8-14-11(15-10)9-3-6-13-7-4-9/h3-8H,2H2,1H3/q-1. The van der Waals surface area contributed by atoms with Gasteiger partial charge in [-0.05, 0) is 25.1 Å². The van der Waals surface area contributed by atoms with Crippen molar-refractivity contribution in [3.8, 4) is 11.4 Å². The molecule has 7 nitrogen and oxygen atoms in total. The van der Waals surface area contributed by atoms with E-state index < -0.39 is 6.09 Å². The molecule has 1 amide bonds. The van der Waals surface area contributed by atoms with Gasteiger partial charge in [0.05, 0.1) is 6.61 Å². The van der Waals surface area contributed by atoms with Crippen molar-refractivity contribution < 1.29 is 9.53 Å². The van der Waals surface area contributed by atoms with E-state index in [0.717, 1.165) is 0 Å². The lowest BCUT2D eigenvalue weighted by molar-refractivity contribution is 0.162. The number of carbonyl (C=O) groups is 1. The Bertz CT molecular complexity index is 562. The SMILES string of the molecule is CCOC(=O)N([O-])c1ccnc(-c2ccncc2)n1. The third-order valence-electron chi connectivity index (χ3n) is 2.22. The first-order valence-corrected chi connectivity index (χ1v) is 5.60. The van der Waals surface area contributed by atoms with Gasteiger partial charge in [0, 0.05) is 24.2 Å². The molecule has 0 aliphatic rings. The molecule has 0 aliphatic heterocycles. The minimum absolute atomic E-state index is 0.0692. The summed E-state index contributed by atoms with van der Waals surface area (Å²) in [4.78, 5) is 23.3. The molecule has 2 heterocycles. The highest BCUT2D eigenvalue weighted by atomic mass is 16.6. The maximum atomic E-state index is 11.7. The van der Waals surface area contributed by atoms with E-state index in [1.165, 1.54) is 12.3 Å². The second-order valence-corrected chi connectivity index (χ2v) is 3.47. The molecule has 0 atom stereocenters. The van der Waals surface area contributed by atoms with Crippen molar-refractivity contribution in [1.82, 2.24) is 15.0 Å². The molecule has 2 aromatic rings. The van der Waals surface area contributed by atoms with E-state index in [2.05, 4.69) is 19.7 Å². The van der Waals surface area contributed by atoms with Gasteiger partial charge >= 0.3 is 6.09 Å². The summed E-state index contributed by atoms with van der Waals surface area (Å²) in [6, 6.07) is 4.76. The van der Waals surface area contributed by atoms with Gasteiger partial charge in [-0.25, -0.2) is 14.8 Å². The number of ether oxygens (including phenoxy) is 1. The first kappa shape index (κ1) is 12.9. The molecule has 0 saturated carbocycles. The number of rotatable bonds is 3. The number of hydrogen-bond donors (Lipinski definition) is 0. The molecule has 0 fully saturated rings. The first-order valence-electron chi connectivity index (χ1n) is 5.60. The Balaban J connectivity index is 2.27. The highest BCUT2D eigenvalue weighted by Crippen LogP contribution is 2.17. The minimum atomic E-state index is -0.998. The van der Waals surface area contributed by atoms with E-state index in [1.54, 1.807) is 31.5 Å². The van der Waals surface area contributed by atoms with Gasteiger partial charge in [-0.15, -0.1) is 0 Å². The number of aromatic nitrogens is 3. The van der Waals surface area contributed by atoms with Crippen LogP contribution in [0.1, 0.15) is 6.92 Å². The summed E-state index contributed by atoms with van der Waals surface area (Å²) in [5.41, 5.74) is 0.703. The van der Waals surface area contributed by atoms with Gasteiger partial charge in [0.25, 0.3) is 0 Å². The largest absolute Gasteiger partial charge is 0.748 e. The Morgan fingerprint density at radius 2 is 2.05 bits per heavy atom. The fraction of sp³-hybridized carbons (Fsp3) is 0.167. The molecule has 7 heteroatoms. The molecule has 0 spiro atoms. The van der Waals surface area contributed by atoms with Gasteiger partial charge in [0.2, 0.25) is 0 Å². The quantitative estimate of drug-likeness (QED) is 0.783. The molecule has 0 radical (unpaired) electrons. The zero-order valence-corrected chi connectivity index (χ0v) is 10.2. The van der Waals surface area contributed by atoms with Crippen LogP contribution in [0.25, 0.3) is 11.4 Å². The zero-order chi connectivity index (χ0) is 13.7. The van der Waals surface area contributed by atoms with Crippen molar-refractivity contribution >= 4 is 11.9 Å². The van der Waals surface area contributed by atoms with Crippen LogP contribution in [-0.4, -0.2) is 27.7 Å². The summed E-state index contributed by atoms with van der Waals surface area (Å²) in [6.07, 6.45) is 3.58. The second-order valence-electron chi connectivity index (χ2n) is 3.47. The van der Waals surface area contributed by atoms with E-state index in [1.807, 2.05) is 0 Å². The summed E-state index contributed by atoms with van der Waals surface area (Å²) in [5.74, 6) is 0.269. The number of pyridine rings is 1. The molecule has 0 aliphatic carbocycles. The minimum Gasteiger partial charge on any atom is -0.748 e. The van der Waals surface area contributed by atoms with E-state index in [4.69, 9.17) is 0 Å². The van der Waals surface area contributed by atoms with Crippen molar-refractivity contribution in [2.75, 3.05) is 11.7 Å². The highest BCUT2D eigenvalue weighted by molar-refractivity contribution is 5.87. The van der Waals surface area contributed by atoms with Gasteiger partial charge in [0.15, 0.2) is 5.82 Å². The molecular formula is C12H11N4O3-. The van der Waals surface area contributed by atoms with Crippen molar-refractivity contribution in [3.63, 3.8) is 0 Å². The number of carbonyl (C=O) groups excluding carboxylic acids is 1. The zero-order valence-electron chi connectivity index (χ0n) is 10.2. The number of hydrogen-bond acceptors (Lipinski definition) is 6. The third-order valence-corrected chi connectivity index (χ3v) is 2.22. The number of amides is 1. The monoisotopic (exact) mass is 259 g/mol. The summed E-state index contributed by atoms with van der Waals surface area (Å²) >= 11 is 0. The Labute approximate surface area is 109 Å². The summed E-state index contributed by atoms with van der Waals surface area (Å²) in [7, 11) is 0.